The molecule has 0 spiro atoms. The molecule has 0 aliphatic heterocycles. The topological polar surface area (TPSA) is 35.2 Å². The van der Waals surface area contributed by atoms with Gasteiger partial charge in [-0.1, -0.05) is 36.2 Å². The Morgan fingerprint density at radius 3 is 2.65 bits per heavy atom. The van der Waals surface area contributed by atoms with Crippen LogP contribution in [0.1, 0.15) is 30.5 Å². The molecule has 2 N–H and O–H groups in total. The molecule has 6 heteroatoms. The van der Waals surface area contributed by atoms with Crippen molar-refractivity contribution in [3.05, 3.63) is 48.5 Å². The number of benzene rings is 1. The number of hydrogen-bond donors (Lipinski definition) is 1. The standard InChI is InChI=1S/C14H14BrCl2NOS/c1-2-5-19-11-4-3-8(6-10(11)15)13(18)9-7-12(16)20-14(9)17/h3-4,6-7,13H,2,5,18H2,1H3. The number of rotatable bonds is 5. The lowest BCUT2D eigenvalue weighted by Gasteiger charge is -2.14. The summed E-state index contributed by atoms with van der Waals surface area (Å²) >= 11 is 16.9. The molecule has 0 aliphatic rings. The van der Waals surface area contributed by atoms with Crippen molar-refractivity contribution in [3.8, 4) is 5.75 Å². The minimum absolute atomic E-state index is 0.303. The summed E-state index contributed by atoms with van der Waals surface area (Å²) in [6.07, 6.45) is 0.969. The SMILES string of the molecule is CCCOc1ccc(C(N)c2cc(Cl)sc2Cl)cc1Br. The van der Waals surface area contributed by atoms with E-state index in [-0.39, 0.29) is 6.04 Å². The maximum atomic E-state index is 6.25. The van der Waals surface area contributed by atoms with Crippen LogP contribution in [0.25, 0.3) is 0 Å². The van der Waals surface area contributed by atoms with Gasteiger partial charge in [0.2, 0.25) is 0 Å². The van der Waals surface area contributed by atoms with Gasteiger partial charge in [-0.05, 0) is 46.1 Å². The Hall–Kier alpha value is -0.260. The van der Waals surface area contributed by atoms with Gasteiger partial charge in [0.15, 0.2) is 0 Å². The van der Waals surface area contributed by atoms with Gasteiger partial charge in [0.05, 0.1) is 25.8 Å². The Balaban J connectivity index is 2.25. The summed E-state index contributed by atoms with van der Waals surface area (Å²) in [5, 5.41) is 0. The lowest BCUT2D eigenvalue weighted by Crippen LogP contribution is -2.11. The van der Waals surface area contributed by atoms with Crippen molar-refractivity contribution in [2.45, 2.75) is 19.4 Å². The summed E-state index contributed by atoms with van der Waals surface area (Å²) in [5.74, 6) is 0.817. The van der Waals surface area contributed by atoms with Gasteiger partial charge >= 0.3 is 0 Å². The molecule has 0 radical (unpaired) electrons. The molecular formula is C14H14BrCl2NOS. The van der Waals surface area contributed by atoms with Gasteiger partial charge in [-0.3, -0.25) is 0 Å². The lowest BCUT2D eigenvalue weighted by atomic mass is 10.0. The van der Waals surface area contributed by atoms with Gasteiger partial charge in [0, 0.05) is 5.56 Å². The molecule has 0 fully saturated rings. The first-order valence-electron chi connectivity index (χ1n) is 6.15. The van der Waals surface area contributed by atoms with E-state index in [0.717, 1.165) is 27.8 Å². The van der Waals surface area contributed by atoms with Crippen LogP contribution in [-0.4, -0.2) is 6.61 Å². The maximum Gasteiger partial charge on any atom is 0.133 e. The Morgan fingerprint density at radius 1 is 1.35 bits per heavy atom. The molecule has 108 valence electrons. The lowest BCUT2D eigenvalue weighted by molar-refractivity contribution is 0.315. The number of hydrogen-bond acceptors (Lipinski definition) is 3. The van der Waals surface area contributed by atoms with Crippen molar-refractivity contribution in [2.24, 2.45) is 5.73 Å². The first-order valence-corrected chi connectivity index (χ1v) is 8.52. The van der Waals surface area contributed by atoms with Crippen LogP contribution in [0.4, 0.5) is 0 Å². The van der Waals surface area contributed by atoms with Crippen molar-refractivity contribution >= 4 is 50.5 Å². The van der Waals surface area contributed by atoms with Crippen LogP contribution in [0.3, 0.4) is 0 Å². The van der Waals surface area contributed by atoms with Crippen LogP contribution >= 0.6 is 50.5 Å². The molecule has 2 aromatic rings. The minimum Gasteiger partial charge on any atom is -0.492 e. The van der Waals surface area contributed by atoms with Gasteiger partial charge in [-0.15, -0.1) is 11.3 Å². The van der Waals surface area contributed by atoms with Crippen molar-refractivity contribution in [1.82, 2.24) is 0 Å². The molecule has 0 aliphatic carbocycles. The van der Waals surface area contributed by atoms with Crippen molar-refractivity contribution in [3.63, 3.8) is 0 Å². The van der Waals surface area contributed by atoms with E-state index in [0.29, 0.717) is 15.3 Å². The van der Waals surface area contributed by atoms with E-state index in [1.165, 1.54) is 11.3 Å². The van der Waals surface area contributed by atoms with Crippen LogP contribution in [0.2, 0.25) is 8.67 Å². The molecule has 0 saturated carbocycles. The molecule has 1 heterocycles. The monoisotopic (exact) mass is 393 g/mol. The molecule has 1 unspecified atom stereocenters. The zero-order valence-electron chi connectivity index (χ0n) is 10.8. The Labute approximate surface area is 141 Å². The normalized spacial score (nSPS) is 12.4. The molecule has 0 saturated heterocycles. The van der Waals surface area contributed by atoms with E-state index in [9.17, 15) is 0 Å². The molecule has 2 rings (SSSR count). The minimum atomic E-state index is -0.303. The fraction of sp³-hybridized carbons (Fsp3) is 0.286. The predicted octanol–water partition coefficient (Wildman–Crippen LogP) is 5.65. The number of nitrogens with two attached hydrogens (primary N) is 1. The third kappa shape index (κ3) is 3.68. The third-order valence-corrected chi connectivity index (χ3v) is 4.93. The number of ether oxygens (including phenoxy) is 1. The summed E-state index contributed by atoms with van der Waals surface area (Å²) in [6, 6.07) is 7.33. The van der Waals surface area contributed by atoms with E-state index in [1.807, 2.05) is 24.3 Å². The average molecular weight is 395 g/mol. The third-order valence-electron chi connectivity index (χ3n) is 2.79. The largest absolute Gasteiger partial charge is 0.492 e. The fourth-order valence-electron chi connectivity index (χ4n) is 1.78. The molecule has 1 aromatic carbocycles. The smallest absolute Gasteiger partial charge is 0.133 e. The highest BCUT2D eigenvalue weighted by Gasteiger charge is 2.17. The summed E-state index contributed by atoms with van der Waals surface area (Å²) in [7, 11) is 0. The van der Waals surface area contributed by atoms with E-state index < -0.39 is 0 Å². The second-order valence-electron chi connectivity index (χ2n) is 4.30. The predicted molar refractivity (Wildman–Crippen MR) is 90.3 cm³/mol. The molecule has 1 atom stereocenters. The molecule has 20 heavy (non-hydrogen) atoms. The first kappa shape index (κ1) is 16.1. The Morgan fingerprint density at radius 2 is 2.10 bits per heavy atom. The molecule has 1 aromatic heterocycles. The number of thiophene rings is 1. The zero-order chi connectivity index (χ0) is 14.7. The van der Waals surface area contributed by atoms with E-state index in [4.69, 9.17) is 33.7 Å². The van der Waals surface area contributed by atoms with Crippen molar-refractivity contribution in [1.29, 1.82) is 0 Å². The van der Waals surface area contributed by atoms with E-state index in [2.05, 4.69) is 22.9 Å². The van der Waals surface area contributed by atoms with Crippen LogP contribution in [0, 0.1) is 0 Å². The van der Waals surface area contributed by atoms with Crippen molar-refractivity contribution < 1.29 is 4.74 Å². The second-order valence-corrected chi connectivity index (χ2v) is 7.44. The summed E-state index contributed by atoms with van der Waals surface area (Å²) in [5.41, 5.74) is 8.05. The maximum absolute atomic E-state index is 6.25. The van der Waals surface area contributed by atoms with Crippen LogP contribution < -0.4 is 10.5 Å². The van der Waals surface area contributed by atoms with Gasteiger partial charge in [-0.2, -0.15) is 0 Å². The fourth-order valence-corrected chi connectivity index (χ4v) is 3.84. The highest BCUT2D eigenvalue weighted by molar-refractivity contribution is 9.10. The van der Waals surface area contributed by atoms with Gasteiger partial charge in [0.25, 0.3) is 0 Å². The van der Waals surface area contributed by atoms with Crippen LogP contribution in [0.15, 0.2) is 28.7 Å². The van der Waals surface area contributed by atoms with E-state index in [1.54, 1.807) is 0 Å². The second kappa shape index (κ2) is 7.14. The summed E-state index contributed by atoms with van der Waals surface area (Å²) in [6.45, 7) is 2.76. The summed E-state index contributed by atoms with van der Waals surface area (Å²) in [4.78, 5) is 0. The van der Waals surface area contributed by atoms with Gasteiger partial charge in [-0.25, -0.2) is 0 Å². The Kier molecular flexibility index (Phi) is 5.75. The molecule has 0 amide bonds. The summed E-state index contributed by atoms with van der Waals surface area (Å²) < 4.78 is 7.78. The van der Waals surface area contributed by atoms with Gasteiger partial charge < -0.3 is 10.5 Å². The Bertz CT molecular complexity index is 603. The quantitative estimate of drug-likeness (QED) is 0.710. The first-order chi connectivity index (χ1) is 9.52. The highest BCUT2D eigenvalue weighted by Crippen LogP contribution is 2.37. The van der Waals surface area contributed by atoms with Crippen molar-refractivity contribution in [2.75, 3.05) is 6.61 Å². The zero-order valence-corrected chi connectivity index (χ0v) is 14.7. The van der Waals surface area contributed by atoms with E-state index >= 15 is 0 Å². The average Bonchev–Trinajstić information content (AvgIpc) is 2.75. The van der Waals surface area contributed by atoms with Crippen LogP contribution in [-0.2, 0) is 0 Å². The molecular weight excluding hydrogens is 381 g/mol. The van der Waals surface area contributed by atoms with Gasteiger partial charge in [0.1, 0.15) is 5.75 Å². The molecule has 0 bridgehead atoms. The molecule has 2 nitrogen and oxygen atoms in total. The van der Waals surface area contributed by atoms with Crippen LogP contribution in [0.5, 0.6) is 5.75 Å². The highest BCUT2D eigenvalue weighted by atomic mass is 79.9. The number of halogens is 3.